The normalized spacial score (nSPS) is 20.3. The average molecular weight is 325 g/mol. The van der Waals surface area contributed by atoms with Crippen LogP contribution in [0.5, 0.6) is 0 Å². The molecule has 2 fully saturated rings. The standard InChI is InChI=1S/C17H31N3O3/c1-3-9-18-17(22)20(15-7-12-23-13-8-15)14-5-10-19(11-6-14)16(21)4-2/h14-15H,3-13H2,1-2H3,(H,18,22). The molecule has 3 amide bonds. The molecule has 0 aromatic heterocycles. The van der Waals surface area contributed by atoms with E-state index in [1.165, 1.54) is 0 Å². The minimum Gasteiger partial charge on any atom is -0.381 e. The molecule has 0 spiro atoms. The summed E-state index contributed by atoms with van der Waals surface area (Å²) in [6.45, 7) is 7.67. The van der Waals surface area contributed by atoms with Crippen LogP contribution in [0.15, 0.2) is 0 Å². The van der Waals surface area contributed by atoms with E-state index < -0.39 is 0 Å². The van der Waals surface area contributed by atoms with Crippen LogP contribution in [-0.2, 0) is 9.53 Å². The Morgan fingerprint density at radius 1 is 1.09 bits per heavy atom. The third-order valence-electron chi connectivity index (χ3n) is 4.86. The maximum absolute atomic E-state index is 12.7. The number of carbonyl (C=O) groups is 2. The number of carbonyl (C=O) groups excluding carboxylic acids is 2. The zero-order valence-electron chi connectivity index (χ0n) is 14.6. The Bertz CT molecular complexity index is 389. The topological polar surface area (TPSA) is 61.9 Å². The van der Waals surface area contributed by atoms with Gasteiger partial charge in [0.25, 0.3) is 0 Å². The Balaban J connectivity index is 1.99. The third kappa shape index (κ3) is 4.83. The van der Waals surface area contributed by atoms with Gasteiger partial charge in [-0.1, -0.05) is 13.8 Å². The lowest BCUT2D eigenvalue weighted by Crippen LogP contribution is -2.56. The summed E-state index contributed by atoms with van der Waals surface area (Å²) in [6.07, 6.45) is 5.08. The lowest BCUT2D eigenvalue weighted by Gasteiger charge is -2.43. The molecule has 1 N–H and O–H groups in total. The van der Waals surface area contributed by atoms with Crippen molar-refractivity contribution in [2.45, 2.75) is 64.5 Å². The number of hydrogen-bond acceptors (Lipinski definition) is 3. The second kappa shape index (κ2) is 9.11. The van der Waals surface area contributed by atoms with Gasteiger partial charge in [-0.2, -0.15) is 0 Å². The molecule has 0 aromatic rings. The quantitative estimate of drug-likeness (QED) is 0.841. The van der Waals surface area contributed by atoms with Crippen molar-refractivity contribution < 1.29 is 14.3 Å². The van der Waals surface area contributed by atoms with Crippen LogP contribution >= 0.6 is 0 Å². The van der Waals surface area contributed by atoms with Crippen molar-refractivity contribution in [3.05, 3.63) is 0 Å². The van der Waals surface area contributed by atoms with Gasteiger partial charge in [-0.25, -0.2) is 4.79 Å². The fourth-order valence-electron chi connectivity index (χ4n) is 3.53. The maximum atomic E-state index is 12.7. The van der Waals surface area contributed by atoms with Gasteiger partial charge in [0.05, 0.1) is 0 Å². The number of ether oxygens (including phenoxy) is 1. The molecular weight excluding hydrogens is 294 g/mol. The maximum Gasteiger partial charge on any atom is 0.317 e. The largest absolute Gasteiger partial charge is 0.381 e. The summed E-state index contributed by atoms with van der Waals surface area (Å²) >= 11 is 0. The Hall–Kier alpha value is -1.30. The molecule has 0 atom stereocenters. The fraction of sp³-hybridized carbons (Fsp3) is 0.882. The van der Waals surface area contributed by atoms with Crippen LogP contribution in [0.3, 0.4) is 0 Å². The predicted molar refractivity (Wildman–Crippen MR) is 89.3 cm³/mol. The molecule has 132 valence electrons. The van der Waals surface area contributed by atoms with Crippen LogP contribution in [0, 0.1) is 0 Å². The van der Waals surface area contributed by atoms with Crippen molar-refractivity contribution in [2.75, 3.05) is 32.8 Å². The molecule has 0 radical (unpaired) electrons. The van der Waals surface area contributed by atoms with Crippen molar-refractivity contribution in [3.63, 3.8) is 0 Å². The van der Waals surface area contributed by atoms with Crippen molar-refractivity contribution >= 4 is 11.9 Å². The van der Waals surface area contributed by atoms with Crippen molar-refractivity contribution in [1.82, 2.24) is 15.1 Å². The third-order valence-corrected chi connectivity index (χ3v) is 4.86. The first-order chi connectivity index (χ1) is 11.2. The molecule has 23 heavy (non-hydrogen) atoms. The van der Waals surface area contributed by atoms with E-state index in [1.54, 1.807) is 0 Å². The van der Waals surface area contributed by atoms with Gasteiger partial charge in [-0.15, -0.1) is 0 Å². The molecule has 0 bridgehead atoms. The zero-order chi connectivity index (χ0) is 16.7. The number of nitrogens with one attached hydrogen (secondary N) is 1. The zero-order valence-corrected chi connectivity index (χ0v) is 14.6. The van der Waals surface area contributed by atoms with Crippen LogP contribution < -0.4 is 5.32 Å². The molecule has 2 aliphatic heterocycles. The first-order valence-electron chi connectivity index (χ1n) is 9.09. The highest BCUT2D eigenvalue weighted by atomic mass is 16.5. The van der Waals surface area contributed by atoms with Crippen LogP contribution in [0.1, 0.15) is 52.4 Å². The summed E-state index contributed by atoms with van der Waals surface area (Å²) in [7, 11) is 0. The first-order valence-corrected chi connectivity index (χ1v) is 9.09. The summed E-state index contributed by atoms with van der Waals surface area (Å²) in [6, 6.07) is 0.550. The van der Waals surface area contributed by atoms with Gasteiger partial charge in [-0.05, 0) is 32.1 Å². The highest BCUT2D eigenvalue weighted by molar-refractivity contribution is 5.76. The summed E-state index contributed by atoms with van der Waals surface area (Å²) in [4.78, 5) is 28.5. The Morgan fingerprint density at radius 3 is 2.26 bits per heavy atom. The van der Waals surface area contributed by atoms with Gasteiger partial charge in [-0.3, -0.25) is 4.79 Å². The number of hydrogen-bond donors (Lipinski definition) is 1. The molecule has 0 aromatic carbocycles. The minimum atomic E-state index is 0.0546. The first kappa shape index (κ1) is 18.0. The SMILES string of the molecule is CCCNC(=O)N(C1CCOCC1)C1CCN(C(=O)CC)CC1. The Labute approximate surface area is 139 Å². The summed E-state index contributed by atoms with van der Waals surface area (Å²) < 4.78 is 5.45. The van der Waals surface area contributed by atoms with Gasteiger partial charge in [0.1, 0.15) is 0 Å². The van der Waals surface area contributed by atoms with Gasteiger partial charge >= 0.3 is 6.03 Å². The van der Waals surface area contributed by atoms with Crippen LogP contribution in [-0.4, -0.2) is 66.7 Å². The lowest BCUT2D eigenvalue weighted by atomic mass is 9.98. The van der Waals surface area contributed by atoms with E-state index in [-0.39, 0.29) is 24.0 Å². The molecule has 6 heteroatoms. The predicted octanol–water partition coefficient (Wildman–Crippen LogP) is 1.99. The van der Waals surface area contributed by atoms with Crippen LogP contribution in [0.25, 0.3) is 0 Å². The fourth-order valence-corrected chi connectivity index (χ4v) is 3.53. The summed E-state index contributed by atoms with van der Waals surface area (Å²) in [5, 5.41) is 3.04. The van der Waals surface area contributed by atoms with E-state index in [4.69, 9.17) is 4.74 Å². The highest BCUT2D eigenvalue weighted by Gasteiger charge is 2.34. The molecule has 0 unspecified atom stereocenters. The van der Waals surface area contributed by atoms with E-state index in [0.717, 1.165) is 58.4 Å². The van der Waals surface area contributed by atoms with E-state index in [1.807, 2.05) is 11.8 Å². The number of amides is 3. The molecule has 2 heterocycles. The molecular formula is C17H31N3O3. The summed E-state index contributed by atoms with van der Waals surface area (Å²) in [5.74, 6) is 0.219. The minimum absolute atomic E-state index is 0.0546. The number of piperidine rings is 1. The highest BCUT2D eigenvalue weighted by Crippen LogP contribution is 2.24. The molecule has 6 nitrogen and oxygen atoms in total. The molecule has 2 aliphatic rings. The monoisotopic (exact) mass is 325 g/mol. The van der Waals surface area contributed by atoms with Gasteiger partial charge in [0.15, 0.2) is 0 Å². The van der Waals surface area contributed by atoms with Crippen molar-refractivity contribution in [1.29, 1.82) is 0 Å². The number of likely N-dealkylation sites (tertiary alicyclic amines) is 1. The molecule has 2 rings (SSSR count). The van der Waals surface area contributed by atoms with Gasteiger partial charge < -0.3 is 19.9 Å². The molecule has 2 saturated heterocycles. The van der Waals surface area contributed by atoms with Crippen molar-refractivity contribution in [3.8, 4) is 0 Å². The van der Waals surface area contributed by atoms with Gasteiger partial charge in [0, 0.05) is 51.4 Å². The molecule has 0 aliphatic carbocycles. The van der Waals surface area contributed by atoms with E-state index in [0.29, 0.717) is 13.0 Å². The Morgan fingerprint density at radius 2 is 1.70 bits per heavy atom. The van der Waals surface area contributed by atoms with Gasteiger partial charge in [0.2, 0.25) is 5.91 Å². The smallest absolute Gasteiger partial charge is 0.317 e. The number of urea groups is 1. The summed E-state index contributed by atoms with van der Waals surface area (Å²) in [5.41, 5.74) is 0. The van der Waals surface area contributed by atoms with E-state index in [9.17, 15) is 9.59 Å². The second-order valence-corrected chi connectivity index (χ2v) is 6.45. The second-order valence-electron chi connectivity index (χ2n) is 6.45. The average Bonchev–Trinajstić information content (AvgIpc) is 2.61. The Kier molecular flexibility index (Phi) is 7.15. The van der Waals surface area contributed by atoms with Crippen molar-refractivity contribution in [2.24, 2.45) is 0 Å². The van der Waals surface area contributed by atoms with Crippen LogP contribution in [0.4, 0.5) is 4.79 Å². The van der Waals surface area contributed by atoms with E-state index in [2.05, 4.69) is 17.1 Å². The number of nitrogens with zero attached hydrogens (tertiary/aromatic N) is 2. The van der Waals surface area contributed by atoms with Crippen LogP contribution in [0.2, 0.25) is 0 Å². The number of rotatable bonds is 5. The molecule has 0 saturated carbocycles. The van der Waals surface area contributed by atoms with E-state index >= 15 is 0 Å². The lowest BCUT2D eigenvalue weighted by molar-refractivity contribution is -0.132.